The van der Waals surface area contributed by atoms with E-state index >= 15 is 0 Å². The molecule has 2 heterocycles. The predicted molar refractivity (Wildman–Crippen MR) is 99.4 cm³/mol. The molecular formula is C20H20N2O4S. The summed E-state index contributed by atoms with van der Waals surface area (Å²) in [5.74, 6) is -0.325. The van der Waals surface area contributed by atoms with Gasteiger partial charge < -0.3 is 10.6 Å². The number of sulfone groups is 1. The Balaban J connectivity index is 1.77. The Morgan fingerprint density at radius 2 is 1.85 bits per heavy atom. The highest BCUT2D eigenvalue weighted by Gasteiger charge is 2.37. The van der Waals surface area contributed by atoms with Crippen molar-refractivity contribution < 1.29 is 18.0 Å². The fraction of sp³-hybridized carbons (Fsp3) is 0.300. The maximum atomic E-state index is 13.0. The highest BCUT2D eigenvalue weighted by atomic mass is 32.2. The van der Waals surface area contributed by atoms with Gasteiger partial charge in [-0.25, -0.2) is 8.42 Å². The number of ketones is 1. The van der Waals surface area contributed by atoms with Gasteiger partial charge in [-0.2, -0.15) is 0 Å². The largest absolute Gasteiger partial charge is 0.336 e. The van der Waals surface area contributed by atoms with Gasteiger partial charge in [-0.3, -0.25) is 9.59 Å². The molecule has 0 saturated carbocycles. The van der Waals surface area contributed by atoms with Crippen LogP contribution in [-0.2, 0) is 9.84 Å². The van der Waals surface area contributed by atoms with E-state index in [2.05, 4.69) is 0 Å². The number of hydrogen-bond acceptors (Lipinski definition) is 5. The van der Waals surface area contributed by atoms with Crippen molar-refractivity contribution in [3.63, 3.8) is 0 Å². The summed E-state index contributed by atoms with van der Waals surface area (Å²) in [5, 5.41) is 0. The van der Waals surface area contributed by atoms with Crippen LogP contribution in [0.1, 0.15) is 39.6 Å². The van der Waals surface area contributed by atoms with E-state index in [1.54, 1.807) is 17.0 Å². The lowest BCUT2D eigenvalue weighted by molar-refractivity contribution is 0.0742. The molecular weight excluding hydrogens is 364 g/mol. The van der Waals surface area contributed by atoms with Gasteiger partial charge in [0.25, 0.3) is 5.91 Å². The summed E-state index contributed by atoms with van der Waals surface area (Å²) in [6.07, 6.45) is 0.831. The first-order chi connectivity index (χ1) is 12.8. The highest BCUT2D eigenvalue weighted by Crippen LogP contribution is 2.35. The molecule has 0 bridgehead atoms. The molecule has 2 aromatic rings. The molecule has 2 aromatic carbocycles. The van der Waals surface area contributed by atoms with Crippen molar-refractivity contribution in [3.05, 3.63) is 59.2 Å². The van der Waals surface area contributed by atoms with Gasteiger partial charge in [-0.15, -0.1) is 0 Å². The van der Waals surface area contributed by atoms with Crippen LogP contribution in [-0.4, -0.2) is 44.1 Å². The summed E-state index contributed by atoms with van der Waals surface area (Å²) < 4.78 is 26.0. The molecule has 140 valence electrons. The van der Waals surface area contributed by atoms with E-state index in [4.69, 9.17) is 5.73 Å². The van der Waals surface area contributed by atoms with Crippen LogP contribution in [0.3, 0.4) is 0 Å². The van der Waals surface area contributed by atoms with E-state index in [0.717, 1.165) is 6.42 Å². The first-order valence-electron chi connectivity index (χ1n) is 8.88. The molecule has 7 heteroatoms. The molecule has 0 radical (unpaired) electrons. The number of likely N-dealkylation sites (tertiary alicyclic amines) is 1. The SMILES string of the molecule is CC1CC(CN)CN1C(=O)c1ccc2c(c1)S(=O)(=O)c1ccccc1C2=O. The molecule has 27 heavy (non-hydrogen) atoms. The number of carbonyl (C=O) groups excluding carboxylic acids is 2. The molecule has 2 N–H and O–H groups in total. The van der Waals surface area contributed by atoms with Gasteiger partial charge in [-0.1, -0.05) is 12.1 Å². The number of benzene rings is 2. The van der Waals surface area contributed by atoms with E-state index in [1.165, 1.54) is 30.3 Å². The second kappa shape index (κ2) is 6.28. The Labute approximate surface area is 157 Å². The number of nitrogens with two attached hydrogens (primary N) is 1. The topological polar surface area (TPSA) is 97.5 Å². The summed E-state index contributed by atoms with van der Waals surface area (Å²) in [6, 6.07) is 10.5. The Morgan fingerprint density at radius 1 is 1.15 bits per heavy atom. The van der Waals surface area contributed by atoms with Gasteiger partial charge in [0.2, 0.25) is 9.84 Å². The van der Waals surface area contributed by atoms with Crippen molar-refractivity contribution in [2.45, 2.75) is 29.2 Å². The van der Waals surface area contributed by atoms with E-state index in [9.17, 15) is 18.0 Å². The average molecular weight is 384 g/mol. The minimum Gasteiger partial charge on any atom is -0.336 e. The van der Waals surface area contributed by atoms with E-state index in [1.807, 2.05) is 6.92 Å². The summed E-state index contributed by atoms with van der Waals surface area (Å²) in [5.41, 5.74) is 6.28. The Bertz CT molecular complexity index is 1060. The molecule has 2 aliphatic heterocycles. The van der Waals surface area contributed by atoms with Crippen LogP contribution in [0, 0.1) is 5.92 Å². The first kappa shape index (κ1) is 17.9. The third-order valence-corrected chi connectivity index (χ3v) is 7.29. The van der Waals surface area contributed by atoms with Crippen molar-refractivity contribution in [2.75, 3.05) is 13.1 Å². The summed E-state index contributed by atoms with van der Waals surface area (Å²) in [6.45, 7) is 3.03. The number of amides is 1. The maximum absolute atomic E-state index is 13.0. The smallest absolute Gasteiger partial charge is 0.254 e. The van der Waals surface area contributed by atoms with E-state index in [0.29, 0.717) is 13.1 Å². The number of carbonyl (C=O) groups is 2. The molecule has 0 spiro atoms. The lowest BCUT2D eigenvalue weighted by atomic mass is 10.0. The zero-order chi connectivity index (χ0) is 19.3. The molecule has 0 aliphatic carbocycles. The van der Waals surface area contributed by atoms with Crippen molar-refractivity contribution in [3.8, 4) is 0 Å². The first-order valence-corrected chi connectivity index (χ1v) is 10.4. The predicted octanol–water partition coefficient (Wildman–Crippen LogP) is 1.87. The second-order valence-electron chi connectivity index (χ2n) is 7.18. The standard InChI is InChI=1S/C20H20N2O4S/c1-12-8-13(10-21)11-22(12)20(24)14-6-7-16-18(9-14)27(25,26)17-5-3-2-4-15(17)19(16)23/h2-7,9,12-13H,8,10-11,21H2,1H3. The summed E-state index contributed by atoms with van der Waals surface area (Å²) in [4.78, 5) is 27.3. The Morgan fingerprint density at radius 3 is 2.56 bits per heavy atom. The van der Waals surface area contributed by atoms with Crippen LogP contribution in [0.5, 0.6) is 0 Å². The van der Waals surface area contributed by atoms with Gasteiger partial charge in [0.15, 0.2) is 5.78 Å². The van der Waals surface area contributed by atoms with Crippen molar-refractivity contribution in [1.82, 2.24) is 4.90 Å². The third kappa shape index (κ3) is 2.69. The Hall–Kier alpha value is -2.51. The van der Waals surface area contributed by atoms with Crippen molar-refractivity contribution in [2.24, 2.45) is 11.7 Å². The fourth-order valence-corrected chi connectivity index (χ4v) is 5.66. The number of rotatable bonds is 2. The normalized spacial score (nSPS) is 23.0. The van der Waals surface area contributed by atoms with Crippen molar-refractivity contribution in [1.29, 1.82) is 0 Å². The van der Waals surface area contributed by atoms with Crippen LogP contribution in [0.4, 0.5) is 0 Å². The summed E-state index contributed by atoms with van der Waals surface area (Å²) in [7, 11) is -3.85. The number of fused-ring (bicyclic) bond motifs is 2. The molecule has 1 amide bonds. The van der Waals surface area contributed by atoms with Crippen LogP contribution in [0.25, 0.3) is 0 Å². The minimum absolute atomic E-state index is 0.00941. The lowest BCUT2D eigenvalue weighted by Crippen LogP contribution is -2.34. The Kier molecular flexibility index (Phi) is 4.16. The van der Waals surface area contributed by atoms with Crippen LogP contribution >= 0.6 is 0 Å². The lowest BCUT2D eigenvalue weighted by Gasteiger charge is -2.23. The third-order valence-electron chi connectivity index (χ3n) is 5.44. The van der Waals surface area contributed by atoms with Crippen LogP contribution in [0.15, 0.2) is 52.3 Å². The van der Waals surface area contributed by atoms with Gasteiger partial charge in [0.05, 0.1) is 9.79 Å². The monoisotopic (exact) mass is 384 g/mol. The minimum atomic E-state index is -3.85. The zero-order valence-electron chi connectivity index (χ0n) is 14.9. The van der Waals surface area contributed by atoms with Gasteiger partial charge in [-0.05, 0) is 56.1 Å². The average Bonchev–Trinajstić information content (AvgIpc) is 3.06. The van der Waals surface area contributed by atoms with Crippen molar-refractivity contribution >= 4 is 21.5 Å². The van der Waals surface area contributed by atoms with Gasteiger partial charge >= 0.3 is 0 Å². The molecule has 1 saturated heterocycles. The number of nitrogens with zero attached hydrogens (tertiary/aromatic N) is 1. The van der Waals surface area contributed by atoms with E-state index < -0.39 is 9.84 Å². The van der Waals surface area contributed by atoms with Gasteiger partial charge in [0, 0.05) is 29.3 Å². The highest BCUT2D eigenvalue weighted by molar-refractivity contribution is 7.91. The zero-order valence-corrected chi connectivity index (χ0v) is 15.7. The van der Waals surface area contributed by atoms with Crippen LogP contribution in [0.2, 0.25) is 0 Å². The van der Waals surface area contributed by atoms with Gasteiger partial charge in [0.1, 0.15) is 0 Å². The maximum Gasteiger partial charge on any atom is 0.254 e. The molecule has 1 fully saturated rings. The summed E-state index contributed by atoms with van der Waals surface area (Å²) >= 11 is 0. The van der Waals surface area contributed by atoms with Crippen LogP contribution < -0.4 is 5.73 Å². The quantitative estimate of drug-likeness (QED) is 0.727. The molecule has 4 rings (SSSR count). The molecule has 6 nitrogen and oxygen atoms in total. The molecule has 2 atom stereocenters. The molecule has 0 aromatic heterocycles. The molecule has 2 unspecified atom stereocenters. The fourth-order valence-electron chi connectivity index (χ4n) is 3.98. The molecule has 2 aliphatic rings. The second-order valence-corrected chi connectivity index (χ2v) is 9.07. The van der Waals surface area contributed by atoms with E-state index in [-0.39, 0.29) is 50.1 Å². The number of hydrogen-bond donors (Lipinski definition) is 1.